The van der Waals surface area contributed by atoms with Crippen LogP contribution in [0.2, 0.25) is 0 Å². The molecule has 0 aromatic heterocycles. The van der Waals surface area contributed by atoms with Gasteiger partial charge in [0, 0.05) is 24.6 Å². The van der Waals surface area contributed by atoms with Gasteiger partial charge in [0.2, 0.25) is 10.0 Å². The highest BCUT2D eigenvalue weighted by Crippen LogP contribution is 2.30. The van der Waals surface area contributed by atoms with Gasteiger partial charge in [0.15, 0.2) is 0 Å². The molecular weight excluding hydrogens is 288 g/mol. The van der Waals surface area contributed by atoms with E-state index in [1.807, 2.05) is 6.07 Å². The van der Waals surface area contributed by atoms with Gasteiger partial charge in [-0.3, -0.25) is 0 Å². The number of nitrogens with one attached hydrogen (secondary N) is 2. The highest BCUT2D eigenvalue weighted by Gasteiger charge is 2.28. The normalized spacial score (nSPS) is 22.7. The Labute approximate surface area is 126 Å². The van der Waals surface area contributed by atoms with Crippen molar-refractivity contribution in [2.45, 2.75) is 50.1 Å². The van der Waals surface area contributed by atoms with E-state index in [9.17, 15) is 13.5 Å². The fraction of sp³-hybridized carbons (Fsp3) is 0.600. The molecule has 1 aliphatic rings. The van der Waals surface area contributed by atoms with Gasteiger partial charge in [-0.15, -0.1) is 0 Å². The van der Waals surface area contributed by atoms with Crippen LogP contribution in [0.5, 0.6) is 0 Å². The second-order valence-electron chi connectivity index (χ2n) is 5.90. The minimum atomic E-state index is -3.53. The highest BCUT2D eigenvalue weighted by molar-refractivity contribution is 7.89. The molecule has 1 aromatic carbocycles. The van der Waals surface area contributed by atoms with E-state index in [0.29, 0.717) is 5.69 Å². The molecular formula is C15H24N2O3S. The number of aliphatic hydroxyl groups excluding tert-OH is 1. The minimum Gasteiger partial charge on any atom is -0.396 e. The molecule has 2 unspecified atom stereocenters. The molecule has 3 N–H and O–H groups in total. The summed E-state index contributed by atoms with van der Waals surface area (Å²) in [6, 6.07) is 6.90. The standard InChI is InChI=1S/C15H24N2O3S/c1-11(2)17-21(19,20)15-9-4-3-7-14(15)16-13-8-5-6-12(13)10-18/h3-4,7,9,11-13,16-18H,5-6,8,10H2,1-2H3. The molecule has 0 radical (unpaired) electrons. The van der Waals surface area contributed by atoms with E-state index in [2.05, 4.69) is 10.0 Å². The zero-order valence-electron chi connectivity index (χ0n) is 12.5. The summed E-state index contributed by atoms with van der Waals surface area (Å²) in [7, 11) is -3.53. The van der Waals surface area contributed by atoms with Crippen LogP contribution in [-0.2, 0) is 10.0 Å². The molecule has 2 rings (SSSR count). The number of para-hydroxylation sites is 1. The molecule has 1 aromatic rings. The number of hydrogen-bond donors (Lipinski definition) is 3. The van der Waals surface area contributed by atoms with Crippen LogP contribution in [0.4, 0.5) is 5.69 Å². The van der Waals surface area contributed by atoms with E-state index in [-0.39, 0.29) is 29.5 Å². The van der Waals surface area contributed by atoms with Crippen LogP contribution in [0.3, 0.4) is 0 Å². The summed E-state index contributed by atoms with van der Waals surface area (Å²) in [5.74, 6) is 0.193. The van der Waals surface area contributed by atoms with Crippen molar-refractivity contribution in [2.75, 3.05) is 11.9 Å². The Bertz CT molecular complexity index is 572. The van der Waals surface area contributed by atoms with Crippen molar-refractivity contribution in [1.82, 2.24) is 4.72 Å². The van der Waals surface area contributed by atoms with Crippen molar-refractivity contribution in [3.63, 3.8) is 0 Å². The molecule has 0 amide bonds. The largest absolute Gasteiger partial charge is 0.396 e. The van der Waals surface area contributed by atoms with E-state index in [1.165, 1.54) is 0 Å². The molecule has 0 spiro atoms. The van der Waals surface area contributed by atoms with Crippen molar-refractivity contribution in [3.8, 4) is 0 Å². The lowest BCUT2D eigenvalue weighted by molar-refractivity contribution is 0.222. The van der Waals surface area contributed by atoms with E-state index < -0.39 is 10.0 Å². The monoisotopic (exact) mass is 312 g/mol. The van der Waals surface area contributed by atoms with Gasteiger partial charge in [-0.1, -0.05) is 18.6 Å². The van der Waals surface area contributed by atoms with E-state index >= 15 is 0 Å². The number of sulfonamides is 1. The van der Waals surface area contributed by atoms with Crippen molar-refractivity contribution in [3.05, 3.63) is 24.3 Å². The van der Waals surface area contributed by atoms with Gasteiger partial charge < -0.3 is 10.4 Å². The summed E-state index contributed by atoms with van der Waals surface area (Å²) in [6.07, 6.45) is 2.99. The van der Waals surface area contributed by atoms with Crippen LogP contribution in [0, 0.1) is 5.92 Å². The van der Waals surface area contributed by atoms with Crippen LogP contribution in [0.1, 0.15) is 33.1 Å². The molecule has 1 fully saturated rings. The Morgan fingerprint density at radius 3 is 2.67 bits per heavy atom. The fourth-order valence-electron chi connectivity index (χ4n) is 2.84. The summed E-state index contributed by atoms with van der Waals surface area (Å²) in [4.78, 5) is 0.266. The Balaban J connectivity index is 2.25. The molecule has 2 atom stereocenters. The number of hydrogen-bond acceptors (Lipinski definition) is 4. The lowest BCUT2D eigenvalue weighted by atomic mass is 10.0. The van der Waals surface area contributed by atoms with Crippen molar-refractivity contribution in [1.29, 1.82) is 0 Å². The lowest BCUT2D eigenvalue weighted by Gasteiger charge is -2.22. The van der Waals surface area contributed by atoms with Crippen LogP contribution < -0.4 is 10.0 Å². The predicted octanol–water partition coefficient (Wildman–Crippen LogP) is 1.95. The average Bonchev–Trinajstić information content (AvgIpc) is 2.85. The minimum absolute atomic E-state index is 0.130. The van der Waals surface area contributed by atoms with Crippen molar-refractivity contribution >= 4 is 15.7 Å². The topological polar surface area (TPSA) is 78.4 Å². The summed E-state index contributed by atoms with van der Waals surface area (Å²) in [6.45, 7) is 3.73. The first kappa shape index (κ1) is 16.3. The number of aliphatic hydroxyl groups is 1. The molecule has 21 heavy (non-hydrogen) atoms. The maximum atomic E-state index is 12.4. The maximum absolute atomic E-state index is 12.4. The van der Waals surface area contributed by atoms with Crippen LogP contribution >= 0.6 is 0 Å². The first-order valence-electron chi connectivity index (χ1n) is 7.43. The second-order valence-corrected chi connectivity index (χ2v) is 7.58. The average molecular weight is 312 g/mol. The van der Waals surface area contributed by atoms with E-state index in [1.54, 1.807) is 32.0 Å². The SMILES string of the molecule is CC(C)NS(=O)(=O)c1ccccc1NC1CCCC1CO. The smallest absolute Gasteiger partial charge is 0.242 e. The first-order chi connectivity index (χ1) is 9.94. The van der Waals surface area contributed by atoms with E-state index in [4.69, 9.17) is 0 Å². The molecule has 0 saturated heterocycles. The molecule has 1 saturated carbocycles. The Morgan fingerprint density at radius 1 is 1.29 bits per heavy atom. The Kier molecular flexibility index (Phi) is 5.24. The van der Waals surface area contributed by atoms with Gasteiger partial charge in [0.1, 0.15) is 4.90 Å². The van der Waals surface area contributed by atoms with Gasteiger partial charge >= 0.3 is 0 Å². The molecule has 0 aliphatic heterocycles. The number of anilines is 1. The van der Waals surface area contributed by atoms with Crippen LogP contribution in [0.15, 0.2) is 29.2 Å². The Hall–Kier alpha value is -1.11. The van der Waals surface area contributed by atoms with Gasteiger partial charge in [-0.2, -0.15) is 0 Å². The molecule has 118 valence electrons. The first-order valence-corrected chi connectivity index (χ1v) is 8.91. The maximum Gasteiger partial charge on any atom is 0.242 e. The van der Waals surface area contributed by atoms with Crippen LogP contribution in [-0.4, -0.2) is 32.2 Å². The summed E-state index contributed by atoms with van der Waals surface area (Å²) >= 11 is 0. The third-order valence-electron chi connectivity index (χ3n) is 3.80. The zero-order valence-corrected chi connectivity index (χ0v) is 13.4. The lowest BCUT2D eigenvalue weighted by Crippen LogP contribution is -2.32. The zero-order chi connectivity index (χ0) is 15.5. The molecule has 0 heterocycles. The third kappa shape index (κ3) is 3.96. The second kappa shape index (κ2) is 6.77. The van der Waals surface area contributed by atoms with Gasteiger partial charge in [0.25, 0.3) is 0 Å². The third-order valence-corrected chi connectivity index (χ3v) is 5.52. The summed E-state index contributed by atoms with van der Waals surface area (Å²) in [5.41, 5.74) is 0.607. The van der Waals surface area contributed by atoms with Crippen molar-refractivity contribution in [2.24, 2.45) is 5.92 Å². The van der Waals surface area contributed by atoms with Gasteiger partial charge in [0.05, 0.1) is 5.69 Å². The fourth-order valence-corrected chi connectivity index (χ4v) is 4.26. The Morgan fingerprint density at radius 2 is 2.00 bits per heavy atom. The molecule has 0 bridgehead atoms. The predicted molar refractivity (Wildman–Crippen MR) is 83.7 cm³/mol. The van der Waals surface area contributed by atoms with Gasteiger partial charge in [-0.25, -0.2) is 13.1 Å². The van der Waals surface area contributed by atoms with Gasteiger partial charge in [-0.05, 0) is 38.8 Å². The van der Waals surface area contributed by atoms with E-state index in [0.717, 1.165) is 19.3 Å². The molecule has 1 aliphatic carbocycles. The number of rotatable bonds is 6. The van der Waals surface area contributed by atoms with Crippen LogP contribution in [0.25, 0.3) is 0 Å². The molecule has 5 nitrogen and oxygen atoms in total. The quantitative estimate of drug-likeness (QED) is 0.750. The molecule has 6 heteroatoms. The summed E-state index contributed by atoms with van der Waals surface area (Å²) < 4.78 is 27.4. The number of benzene rings is 1. The summed E-state index contributed by atoms with van der Waals surface area (Å²) in [5, 5.41) is 12.7. The highest BCUT2D eigenvalue weighted by atomic mass is 32.2. The van der Waals surface area contributed by atoms with Crippen molar-refractivity contribution < 1.29 is 13.5 Å².